The topological polar surface area (TPSA) is 56.0 Å². The van der Waals surface area contributed by atoms with Crippen molar-refractivity contribution in [2.45, 2.75) is 33.7 Å². The predicted molar refractivity (Wildman–Crippen MR) is 92.0 cm³/mol. The third-order valence-electron chi connectivity index (χ3n) is 3.84. The van der Waals surface area contributed by atoms with E-state index in [1.165, 1.54) is 0 Å². The molecular weight excluding hydrogens is 304 g/mol. The van der Waals surface area contributed by atoms with Crippen LogP contribution in [0, 0.1) is 13.8 Å². The van der Waals surface area contributed by atoms with Gasteiger partial charge in [-0.05, 0) is 38.0 Å². The molecule has 2 aromatic heterocycles. The number of aliphatic hydroxyl groups excluding tert-OH is 1. The summed E-state index contributed by atoms with van der Waals surface area (Å²) in [6, 6.07) is 12.0. The van der Waals surface area contributed by atoms with Crippen LogP contribution in [0.2, 0.25) is 0 Å². The van der Waals surface area contributed by atoms with Crippen molar-refractivity contribution in [3.63, 3.8) is 0 Å². The third-order valence-corrected chi connectivity index (χ3v) is 3.84. The molecule has 0 bridgehead atoms. The van der Waals surface area contributed by atoms with E-state index in [1.807, 2.05) is 67.8 Å². The lowest BCUT2D eigenvalue weighted by Gasteiger charge is -2.13. The second kappa shape index (κ2) is 7.03. The Labute approximate surface area is 141 Å². The number of aryl methyl sites for hydroxylation is 2. The van der Waals surface area contributed by atoms with E-state index in [9.17, 15) is 5.11 Å². The lowest BCUT2D eigenvalue weighted by atomic mass is 10.2. The van der Waals surface area contributed by atoms with E-state index >= 15 is 0 Å². The molecular formula is C19H22N2O3. The van der Waals surface area contributed by atoms with E-state index in [0.29, 0.717) is 30.3 Å². The van der Waals surface area contributed by atoms with E-state index in [1.54, 1.807) is 0 Å². The van der Waals surface area contributed by atoms with Gasteiger partial charge in [0.05, 0.1) is 5.69 Å². The molecule has 5 heteroatoms. The van der Waals surface area contributed by atoms with Gasteiger partial charge in [0.25, 0.3) is 0 Å². The van der Waals surface area contributed by atoms with Crippen LogP contribution in [0.5, 0.6) is 5.75 Å². The van der Waals surface area contributed by atoms with Gasteiger partial charge in [-0.2, -0.15) is 0 Å². The summed E-state index contributed by atoms with van der Waals surface area (Å²) in [5, 5.41) is 10.3. The molecule has 0 radical (unpaired) electrons. The summed E-state index contributed by atoms with van der Waals surface area (Å²) in [6.45, 7) is 6.59. The molecule has 126 valence electrons. The van der Waals surface area contributed by atoms with Crippen LogP contribution in [0.3, 0.4) is 0 Å². The predicted octanol–water partition coefficient (Wildman–Crippen LogP) is 3.56. The number of hydrogen-bond acceptors (Lipinski definition) is 4. The van der Waals surface area contributed by atoms with Crippen LogP contribution >= 0.6 is 0 Å². The van der Waals surface area contributed by atoms with Crippen LogP contribution in [0.25, 0.3) is 5.65 Å². The normalized spacial score (nSPS) is 12.5. The highest BCUT2D eigenvalue weighted by Crippen LogP contribution is 2.28. The van der Waals surface area contributed by atoms with Crippen molar-refractivity contribution in [2.24, 2.45) is 0 Å². The highest BCUT2D eigenvalue weighted by Gasteiger charge is 2.20. The molecule has 0 aliphatic carbocycles. The summed E-state index contributed by atoms with van der Waals surface area (Å²) in [5.74, 6) is 0.692. The van der Waals surface area contributed by atoms with Crippen LogP contribution in [0.1, 0.15) is 35.7 Å². The van der Waals surface area contributed by atoms with Gasteiger partial charge in [-0.25, -0.2) is 4.98 Å². The van der Waals surface area contributed by atoms with Crippen molar-refractivity contribution in [3.8, 4) is 5.75 Å². The molecule has 2 heterocycles. The summed E-state index contributed by atoms with van der Waals surface area (Å²) in [5.41, 5.74) is 4.16. The molecule has 0 fully saturated rings. The molecule has 0 aliphatic rings. The number of hydrogen-bond donors (Lipinski definition) is 1. The first-order valence-electron chi connectivity index (χ1n) is 8.05. The summed E-state index contributed by atoms with van der Waals surface area (Å²) < 4.78 is 13.2. The van der Waals surface area contributed by atoms with Gasteiger partial charge in [0.1, 0.15) is 12.3 Å². The first-order chi connectivity index (χ1) is 11.6. The monoisotopic (exact) mass is 326 g/mol. The highest BCUT2D eigenvalue weighted by atomic mass is 16.6. The van der Waals surface area contributed by atoms with Gasteiger partial charge >= 0.3 is 0 Å². The molecule has 1 unspecified atom stereocenters. The first-order valence-corrected chi connectivity index (χ1v) is 8.05. The maximum Gasteiger partial charge on any atom is 0.198 e. The maximum absolute atomic E-state index is 10.3. The van der Waals surface area contributed by atoms with Crippen LogP contribution in [0.4, 0.5) is 0 Å². The maximum atomic E-state index is 10.3. The summed E-state index contributed by atoms with van der Waals surface area (Å²) in [4.78, 5) is 4.57. The molecule has 5 nitrogen and oxygen atoms in total. The zero-order valence-corrected chi connectivity index (χ0v) is 14.2. The molecule has 3 rings (SSSR count). The van der Waals surface area contributed by atoms with Gasteiger partial charge in [0.15, 0.2) is 17.7 Å². The fourth-order valence-corrected chi connectivity index (χ4v) is 2.75. The molecule has 0 amide bonds. The van der Waals surface area contributed by atoms with Gasteiger partial charge in [0.2, 0.25) is 0 Å². The lowest BCUT2D eigenvalue weighted by Crippen LogP contribution is -2.08. The van der Waals surface area contributed by atoms with Crippen molar-refractivity contribution >= 4 is 5.65 Å². The Morgan fingerprint density at radius 1 is 1.21 bits per heavy atom. The van der Waals surface area contributed by atoms with Crippen LogP contribution < -0.4 is 4.74 Å². The Hall–Kier alpha value is -2.37. The van der Waals surface area contributed by atoms with Crippen LogP contribution in [-0.4, -0.2) is 21.1 Å². The minimum Gasteiger partial charge on any atom is -0.485 e. The second-order valence-corrected chi connectivity index (χ2v) is 5.74. The fraction of sp³-hybridized carbons (Fsp3) is 0.316. The van der Waals surface area contributed by atoms with Gasteiger partial charge in [0, 0.05) is 12.8 Å². The second-order valence-electron chi connectivity index (χ2n) is 5.74. The number of aromatic nitrogens is 2. The molecule has 0 saturated carbocycles. The quantitative estimate of drug-likeness (QED) is 0.704. The molecule has 1 N–H and O–H groups in total. The Balaban J connectivity index is 1.98. The highest BCUT2D eigenvalue weighted by molar-refractivity contribution is 5.57. The average Bonchev–Trinajstić information content (AvgIpc) is 2.89. The smallest absolute Gasteiger partial charge is 0.198 e. The molecule has 1 atom stereocenters. The number of pyridine rings is 1. The number of benzene rings is 1. The summed E-state index contributed by atoms with van der Waals surface area (Å²) >= 11 is 0. The molecule has 1 aromatic carbocycles. The van der Waals surface area contributed by atoms with E-state index in [2.05, 4.69) is 4.98 Å². The average molecular weight is 326 g/mol. The Morgan fingerprint density at radius 2 is 1.96 bits per heavy atom. The van der Waals surface area contributed by atoms with E-state index in [0.717, 1.165) is 16.8 Å². The van der Waals surface area contributed by atoms with Crippen molar-refractivity contribution < 1.29 is 14.6 Å². The van der Waals surface area contributed by atoms with E-state index in [4.69, 9.17) is 9.47 Å². The minimum atomic E-state index is -1.01. The van der Waals surface area contributed by atoms with Crippen molar-refractivity contribution in [3.05, 3.63) is 65.1 Å². The molecule has 24 heavy (non-hydrogen) atoms. The zero-order chi connectivity index (χ0) is 17.1. The van der Waals surface area contributed by atoms with Gasteiger partial charge in [-0.3, -0.25) is 4.40 Å². The molecule has 0 aliphatic heterocycles. The van der Waals surface area contributed by atoms with Crippen molar-refractivity contribution in [1.82, 2.24) is 9.38 Å². The SMILES string of the molecule is CCOC(O)c1c(C)nc2c(OCc3ccccc3)cc(C)cn12. The first kappa shape index (κ1) is 16.5. The van der Waals surface area contributed by atoms with Crippen molar-refractivity contribution in [2.75, 3.05) is 6.61 Å². The van der Waals surface area contributed by atoms with Gasteiger partial charge < -0.3 is 14.6 Å². The number of fused-ring (bicyclic) bond motifs is 1. The molecule has 3 aromatic rings. The van der Waals surface area contributed by atoms with Crippen LogP contribution in [0.15, 0.2) is 42.6 Å². The fourth-order valence-electron chi connectivity index (χ4n) is 2.75. The molecule has 0 spiro atoms. The number of nitrogens with zero attached hydrogens (tertiary/aromatic N) is 2. The Bertz CT molecular complexity index is 827. The Kier molecular flexibility index (Phi) is 4.83. The molecule has 0 saturated heterocycles. The number of aliphatic hydroxyl groups is 1. The van der Waals surface area contributed by atoms with E-state index in [-0.39, 0.29) is 0 Å². The van der Waals surface area contributed by atoms with Crippen molar-refractivity contribution in [1.29, 1.82) is 0 Å². The zero-order valence-electron chi connectivity index (χ0n) is 14.2. The van der Waals surface area contributed by atoms with Gasteiger partial charge in [-0.1, -0.05) is 30.3 Å². The lowest BCUT2D eigenvalue weighted by molar-refractivity contribution is -0.102. The number of imidazole rings is 1. The summed E-state index contributed by atoms with van der Waals surface area (Å²) in [6.07, 6.45) is 0.927. The largest absolute Gasteiger partial charge is 0.485 e. The Morgan fingerprint density at radius 3 is 2.67 bits per heavy atom. The van der Waals surface area contributed by atoms with E-state index < -0.39 is 6.29 Å². The summed E-state index contributed by atoms with van der Waals surface area (Å²) in [7, 11) is 0. The standard InChI is InChI=1S/C19H22N2O3/c1-4-23-19(22)17-14(3)20-18-16(10-13(2)11-21(17)18)24-12-15-8-6-5-7-9-15/h5-11,19,22H,4,12H2,1-3H3. The van der Waals surface area contributed by atoms with Crippen LogP contribution in [-0.2, 0) is 11.3 Å². The number of rotatable bonds is 6. The minimum absolute atomic E-state index is 0.428. The van der Waals surface area contributed by atoms with Gasteiger partial charge in [-0.15, -0.1) is 0 Å². The number of ether oxygens (including phenoxy) is 2. The third kappa shape index (κ3) is 3.27.